The van der Waals surface area contributed by atoms with Crippen LogP contribution in [0.1, 0.15) is 32.3 Å². The average Bonchev–Trinajstić information content (AvgIpc) is 2.77. The van der Waals surface area contributed by atoms with Gasteiger partial charge in [-0.15, -0.1) is 0 Å². The summed E-state index contributed by atoms with van der Waals surface area (Å²) in [4.78, 5) is 27.5. The number of amides is 2. The second-order valence-corrected chi connectivity index (χ2v) is 9.50. The molecule has 33 heavy (non-hydrogen) atoms. The van der Waals surface area contributed by atoms with E-state index in [0.29, 0.717) is 23.7 Å². The Morgan fingerprint density at radius 1 is 1.03 bits per heavy atom. The fraction of sp³-hybridized carbons (Fsp3) is 0.391. The molecule has 1 N–H and O–H groups in total. The summed E-state index contributed by atoms with van der Waals surface area (Å²) in [5.41, 5.74) is 0.569. The lowest BCUT2D eigenvalue weighted by atomic mass is 10.1. The molecule has 0 aliphatic rings. The summed E-state index contributed by atoms with van der Waals surface area (Å²) in [7, 11) is -4.02. The summed E-state index contributed by atoms with van der Waals surface area (Å²) in [5.74, 6) is -3.36. The molecular weight excluding hydrogens is 452 g/mol. The van der Waals surface area contributed by atoms with E-state index in [0.717, 1.165) is 30.0 Å². The molecule has 1 atom stereocenters. The number of sulfonamides is 1. The average molecular weight is 482 g/mol. The van der Waals surface area contributed by atoms with E-state index in [4.69, 9.17) is 0 Å². The van der Waals surface area contributed by atoms with Gasteiger partial charge in [-0.05, 0) is 30.5 Å². The van der Waals surface area contributed by atoms with Gasteiger partial charge in [0.15, 0.2) is 11.6 Å². The predicted octanol–water partition coefficient (Wildman–Crippen LogP) is 3.06. The molecule has 2 aromatic rings. The third kappa shape index (κ3) is 7.24. The Kier molecular flexibility index (Phi) is 9.33. The van der Waals surface area contributed by atoms with Crippen molar-refractivity contribution in [3.05, 3.63) is 65.7 Å². The Hall–Kier alpha value is -3.01. The van der Waals surface area contributed by atoms with Crippen molar-refractivity contribution in [3.63, 3.8) is 0 Å². The molecule has 2 aromatic carbocycles. The lowest BCUT2D eigenvalue weighted by Gasteiger charge is -2.32. The van der Waals surface area contributed by atoms with Crippen LogP contribution in [0, 0.1) is 11.6 Å². The highest BCUT2D eigenvalue weighted by Gasteiger charge is 2.31. The van der Waals surface area contributed by atoms with Gasteiger partial charge in [0, 0.05) is 19.2 Å². The summed E-state index contributed by atoms with van der Waals surface area (Å²) in [6, 6.07) is 10.7. The second kappa shape index (κ2) is 11.7. The predicted molar refractivity (Wildman–Crippen MR) is 123 cm³/mol. The van der Waals surface area contributed by atoms with Crippen LogP contribution in [0.4, 0.5) is 14.5 Å². The number of benzene rings is 2. The van der Waals surface area contributed by atoms with Gasteiger partial charge in [-0.2, -0.15) is 0 Å². The first-order chi connectivity index (χ1) is 15.6. The van der Waals surface area contributed by atoms with Gasteiger partial charge in [0.05, 0.1) is 11.9 Å². The molecule has 0 aliphatic carbocycles. The summed E-state index contributed by atoms with van der Waals surface area (Å²) in [6.07, 6.45) is 1.89. The van der Waals surface area contributed by atoms with Crippen LogP contribution in [-0.4, -0.2) is 50.5 Å². The number of rotatable bonds is 11. The SMILES string of the molecule is CCCNC(=O)[C@@H](CC)N(Cc1ccccc1)C(=O)CN(c1ccc(F)c(F)c1)S(C)(=O)=O. The molecule has 0 heterocycles. The third-order valence-electron chi connectivity index (χ3n) is 5.00. The molecular formula is C23H29F2N3O4S. The van der Waals surface area contributed by atoms with E-state index in [1.807, 2.05) is 13.0 Å². The maximum Gasteiger partial charge on any atom is 0.244 e. The van der Waals surface area contributed by atoms with E-state index < -0.39 is 40.2 Å². The number of carbonyl (C=O) groups is 2. The van der Waals surface area contributed by atoms with Gasteiger partial charge in [-0.3, -0.25) is 13.9 Å². The van der Waals surface area contributed by atoms with Gasteiger partial charge in [-0.1, -0.05) is 44.2 Å². The molecule has 2 rings (SSSR count). The Bertz CT molecular complexity index is 1060. The standard InChI is InChI=1S/C23H29F2N3O4S/c1-4-13-26-23(30)21(5-2)27(15-17-9-7-6-8-10-17)22(29)16-28(33(3,31)32)18-11-12-19(24)20(25)14-18/h6-12,14,21H,4-5,13,15-16H2,1-3H3,(H,26,30)/t21-/m1/s1. The zero-order valence-electron chi connectivity index (χ0n) is 18.9. The van der Waals surface area contributed by atoms with Crippen molar-refractivity contribution in [2.24, 2.45) is 0 Å². The lowest BCUT2D eigenvalue weighted by molar-refractivity contribution is -0.140. The van der Waals surface area contributed by atoms with E-state index in [9.17, 15) is 26.8 Å². The van der Waals surface area contributed by atoms with Crippen LogP contribution in [0.5, 0.6) is 0 Å². The van der Waals surface area contributed by atoms with E-state index in [1.54, 1.807) is 31.2 Å². The first-order valence-electron chi connectivity index (χ1n) is 10.6. The normalized spacial score (nSPS) is 12.2. The molecule has 0 unspecified atom stereocenters. The van der Waals surface area contributed by atoms with Crippen molar-refractivity contribution in [3.8, 4) is 0 Å². The summed E-state index contributed by atoms with van der Waals surface area (Å²) in [6.45, 7) is 3.50. The summed E-state index contributed by atoms with van der Waals surface area (Å²) >= 11 is 0. The number of nitrogens with zero attached hydrogens (tertiary/aromatic N) is 2. The summed E-state index contributed by atoms with van der Waals surface area (Å²) in [5, 5.41) is 2.78. The smallest absolute Gasteiger partial charge is 0.244 e. The minimum atomic E-state index is -4.02. The van der Waals surface area contributed by atoms with Gasteiger partial charge in [-0.25, -0.2) is 17.2 Å². The number of halogens is 2. The van der Waals surface area contributed by atoms with Crippen LogP contribution in [0.25, 0.3) is 0 Å². The first-order valence-corrected chi connectivity index (χ1v) is 12.5. The summed E-state index contributed by atoms with van der Waals surface area (Å²) < 4.78 is 52.7. The minimum absolute atomic E-state index is 0.0765. The molecule has 0 saturated heterocycles. The van der Waals surface area contributed by atoms with E-state index in [-0.39, 0.29) is 18.1 Å². The highest BCUT2D eigenvalue weighted by Crippen LogP contribution is 2.22. The third-order valence-corrected chi connectivity index (χ3v) is 6.14. The number of hydrogen-bond donors (Lipinski definition) is 1. The highest BCUT2D eigenvalue weighted by molar-refractivity contribution is 7.92. The van der Waals surface area contributed by atoms with Crippen LogP contribution in [0.2, 0.25) is 0 Å². The Morgan fingerprint density at radius 3 is 2.24 bits per heavy atom. The molecule has 0 saturated carbocycles. The van der Waals surface area contributed by atoms with E-state index in [2.05, 4.69) is 5.32 Å². The Balaban J connectivity index is 2.41. The van der Waals surface area contributed by atoms with Crippen LogP contribution >= 0.6 is 0 Å². The fourth-order valence-corrected chi connectivity index (χ4v) is 4.16. The van der Waals surface area contributed by atoms with Gasteiger partial charge in [0.25, 0.3) is 0 Å². The quantitative estimate of drug-likeness (QED) is 0.535. The van der Waals surface area contributed by atoms with Crippen molar-refractivity contribution in [1.29, 1.82) is 0 Å². The van der Waals surface area contributed by atoms with Crippen LogP contribution < -0.4 is 9.62 Å². The van der Waals surface area contributed by atoms with Crippen molar-refractivity contribution >= 4 is 27.5 Å². The number of carbonyl (C=O) groups excluding carboxylic acids is 2. The van der Waals surface area contributed by atoms with Gasteiger partial charge in [0.1, 0.15) is 12.6 Å². The Labute approximate surface area is 193 Å². The Morgan fingerprint density at radius 2 is 1.70 bits per heavy atom. The number of anilines is 1. The second-order valence-electron chi connectivity index (χ2n) is 7.59. The van der Waals surface area contributed by atoms with Crippen molar-refractivity contribution in [1.82, 2.24) is 10.2 Å². The first kappa shape index (κ1) is 26.2. The van der Waals surface area contributed by atoms with Gasteiger partial charge in [0.2, 0.25) is 21.8 Å². The largest absolute Gasteiger partial charge is 0.354 e. The highest BCUT2D eigenvalue weighted by atomic mass is 32.2. The topological polar surface area (TPSA) is 86.8 Å². The maximum absolute atomic E-state index is 13.8. The zero-order valence-corrected chi connectivity index (χ0v) is 19.7. The minimum Gasteiger partial charge on any atom is -0.354 e. The maximum atomic E-state index is 13.8. The van der Waals surface area contributed by atoms with Crippen LogP contribution in [-0.2, 0) is 26.2 Å². The molecule has 180 valence electrons. The number of nitrogens with one attached hydrogen (secondary N) is 1. The molecule has 0 radical (unpaired) electrons. The van der Waals surface area contributed by atoms with Gasteiger partial charge < -0.3 is 10.2 Å². The molecule has 10 heteroatoms. The molecule has 7 nitrogen and oxygen atoms in total. The fourth-order valence-electron chi connectivity index (χ4n) is 3.32. The molecule has 0 aliphatic heterocycles. The zero-order chi connectivity index (χ0) is 24.6. The van der Waals surface area contributed by atoms with Crippen LogP contribution in [0.15, 0.2) is 48.5 Å². The monoisotopic (exact) mass is 481 g/mol. The van der Waals surface area contributed by atoms with Crippen molar-refractivity contribution in [2.75, 3.05) is 23.7 Å². The van der Waals surface area contributed by atoms with E-state index >= 15 is 0 Å². The molecule has 0 fully saturated rings. The molecule has 2 amide bonds. The molecule has 0 bridgehead atoms. The lowest BCUT2D eigenvalue weighted by Crippen LogP contribution is -2.52. The van der Waals surface area contributed by atoms with Crippen molar-refractivity contribution in [2.45, 2.75) is 39.3 Å². The molecule has 0 aromatic heterocycles. The van der Waals surface area contributed by atoms with Crippen LogP contribution in [0.3, 0.4) is 0 Å². The van der Waals surface area contributed by atoms with Crippen molar-refractivity contribution < 1.29 is 26.8 Å². The van der Waals surface area contributed by atoms with E-state index in [1.165, 1.54) is 4.90 Å². The number of hydrogen-bond acceptors (Lipinski definition) is 4. The molecule has 0 spiro atoms. The van der Waals surface area contributed by atoms with Gasteiger partial charge >= 0.3 is 0 Å².